The first-order valence-corrected chi connectivity index (χ1v) is 15.1. The minimum atomic E-state index is -1.04. The summed E-state index contributed by atoms with van der Waals surface area (Å²) in [5, 5.41) is 12.7. The lowest BCUT2D eigenvalue weighted by Gasteiger charge is -2.40. The lowest BCUT2D eigenvalue weighted by molar-refractivity contribution is -0.147. The van der Waals surface area contributed by atoms with Gasteiger partial charge in [-0.05, 0) is 82.6 Å². The second kappa shape index (κ2) is 15.1. The topological polar surface area (TPSA) is 137 Å². The SMILES string of the molecule is Cc1ccnc(OCC(=O)OCc2ccccc2)c1C1=CCC(OC[C@H]2[C@@H](NC(=O)OC(C)(C)C)CCCN2C(=O)O)CC1. The van der Waals surface area contributed by atoms with Crippen LogP contribution < -0.4 is 10.1 Å². The lowest BCUT2D eigenvalue weighted by Crippen LogP contribution is -2.59. The van der Waals surface area contributed by atoms with E-state index in [4.69, 9.17) is 18.9 Å². The average Bonchev–Trinajstić information content (AvgIpc) is 2.98. The van der Waals surface area contributed by atoms with Crippen LogP contribution in [0, 0.1) is 6.92 Å². The highest BCUT2D eigenvalue weighted by Gasteiger charge is 2.37. The van der Waals surface area contributed by atoms with Gasteiger partial charge >= 0.3 is 18.2 Å². The Labute approximate surface area is 258 Å². The third-order valence-corrected chi connectivity index (χ3v) is 7.61. The Bertz CT molecular complexity index is 1320. The van der Waals surface area contributed by atoms with Crippen LogP contribution >= 0.6 is 0 Å². The van der Waals surface area contributed by atoms with Crippen molar-refractivity contribution < 1.29 is 38.4 Å². The number of nitrogens with one attached hydrogen (secondary N) is 1. The van der Waals surface area contributed by atoms with Gasteiger partial charge in [0.1, 0.15) is 12.2 Å². The van der Waals surface area contributed by atoms with Crippen molar-refractivity contribution in [3.63, 3.8) is 0 Å². The van der Waals surface area contributed by atoms with Crippen molar-refractivity contribution in [2.24, 2.45) is 0 Å². The van der Waals surface area contributed by atoms with Crippen molar-refractivity contribution in [1.82, 2.24) is 15.2 Å². The van der Waals surface area contributed by atoms with Gasteiger partial charge < -0.3 is 34.3 Å². The Morgan fingerprint density at radius 3 is 2.57 bits per heavy atom. The molecule has 1 unspecified atom stereocenters. The first-order valence-electron chi connectivity index (χ1n) is 15.1. The number of benzene rings is 1. The van der Waals surface area contributed by atoms with Crippen LogP contribution in [-0.4, -0.2) is 76.7 Å². The van der Waals surface area contributed by atoms with Gasteiger partial charge in [0.05, 0.1) is 24.8 Å². The Hall–Kier alpha value is -4.12. The van der Waals surface area contributed by atoms with Gasteiger partial charge in [0.2, 0.25) is 5.88 Å². The monoisotopic (exact) mass is 609 g/mol. The number of aryl methyl sites for hydroxylation is 1. The molecular weight excluding hydrogens is 566 g/mol. The lowest BCUT2D eigenvalue weighted by atomic mass is 9.90. The summed E-state index contributed by atoms with van der Waals surface area (Å²) >= 11 is 0. The zero-order valence-corrected chi connectivity index (χ0v) is 25.9. The number of rotatable bonds is 10. The number of aromatic nitrogens is 1. The molecule has 238 valence electrons. The molecular formula is C33H43N3O8. The van der Waals surface area contributed by atoms with Crippen LogP contribution in [-0.2, 0) is 25.6 Å². The zero-order valence-electron chi connectivity index (χ0n) is 25.9. The summed E-state index contributed by atoms with van der Waals surface area (Å²) < 4.78 is 22.8. The molecule has 0 saturated carbocycles. The minimum absolute atomic E-state index is 0.118. The highest BCUT2D eigenvalue weighted by Crippen LogP contribution is 2.35. The highest BCUT2D eigenvalue weighted by atomic mass is 16.6. The van der Waals surface area contributed by atoms with Crippen LogP contribution in [0.4, 0.5) is 9.59 Å². The smallest absolute Gasteiger partial charge is 0.407 e. The number of hydrogen-bond donors (Lipinski definition) is 2. The maximum absolute atomic E-state index is 12.5. The number of nitrogens with zero attached hydrogens (tertiary/aromatic N) is 2. The van der Waals surface area contributed by atoms with Crippen LogP contribution in [0.5, 0.6) is 5.88 Å². The van der Waals surface area contributed by atoms with Gasteiger partial charge in [-0.1, -0.05) is 36.4 Å². The van der Waals surface area contributed by atoms with Gasteiger partial charge in [-0.3, -0.25) is 0 Å². The quantitative estimate of drug-likeness (QED) is 0.335. The molecule has 1 fully saturated rings. The number of likely N-dealkylation sites (tertiary alicyclic amines) is 1. The standard InChI is InChI=1S/C33H43N3O8/c1-22-16-17-34-30(43-21-28(37)42-19-23-9-6-5-7-10-23)29(22)24-12-14-25(15-13-24)41-20-27-26(11-8-18-36(27)32(39)40)35-31(38)44-33(2,3)4/h5-7,9-10,12,16-17,25-27H,8,11,13-15,18-21H2,1-4H3,(H,35,38)(H,39,40)/t25?,26-,27-/m0/s1. The molecule has 0 bridgehead atoms. The minimum Gasteiger partial charge on any atom is -0.465 e. The molecule has 0 radical (unpaired) electrons. The molecule has 1 aromatic heterocycles. The Morgan fingerprint density at radius 2 is 1.89 bits per heavy atom. The number of esters is 1. The molecule has 2 aromatic rings. The maximum Gasteiger partial charge on any atom is 0.407 e. The molecule has 2 N–H and O–H groups in total. The Balaban J connectivity index is 1.35. The third kappa shape index (κ3) is 9.44. The van der Waals surface area contributed by atoms with Gasteiger partial charge in [0, 0.05) is 18.3 Å². The molecule has 3 atom stereocenters. The summed E-state index contributed by atoms with van der Waals surface area (Å²) in [4.78, 5) is 42.6. The van der Waals surface area contributed by atoms with Crippen molar-refractivity contribution >= 4 is 23.7 Å². The number of piperidine rings is 1. The fourth-order valence-electron chi connectivity index (χ4n) is 5.49. The van der Waals surface area contributed by atoms with Crippen LogP contribution in [0.1, 0.15) is 69.6 Å². The second-order valence-electron chi connectivity index (χ2n) is 12.1. The van der Waals surface area contributed by atoms with Gasteiger partial charge in [-0.15, -0.1) is 0 Å². The summed E-state index contributed by atoms with van der Waals surface area (Å²) in [6.45, 7) is 7.78. The van der Waals surface area contributed by atoms with E-state index in [1.165, 1.54) is 4.90 Å². The summed E-state index contributed by atoms with van der Waals surface area (Å²) in [6, 6.07) is 10.4. The predicted octanol–water partition coefficient (Wildman–Crippen LogP) is 5.50. The van der Waals surface area contributed by atoms with Crippen molar-refractivity contribution in [3.8, 4) is 5.88 Å². The molecule has 1 aliphatic carbocycles. The number of alkyl carbamates (subject to hydrolysis) is 1. The van der Waals surface area contributed by atoms with Crippen molar-refractivity contribution in [3.05, 3.63) is 65.4 Å². The number of allylic oxidation sites excluding steroid dienone is 1. The largest absolute Gasteiger partial charge is 0.465 e. The molecule has 0 spiro atoms. The van der Waals surface area contributed by atoms with Crippen LogP contribution in [0.25, 0.3) is 5.57 Å². The van der Waals surface area contributed by atoms with Crippen LogP contribution in [0.3, 0.4) is 0 Å². The predicted molar refractivity (Wildman–Crippen MR) is 163 cm³/mol. The fraction of sp³-hybridized carbons (Fsp3) is 0.515. The molecule has 11 nitrogen and oxygen atoms in total. The molecule has 1 saturated heterocycles. The summed E-state index contributed by atoms with van der Waals surface area (Å²) in [5.74, 6) is -0.102. The van der Waals surface area contributed by atoms with Crippen molar-refractivity contribution in [2.45, 2.75) is 90.2 Å². The Kier molecular flexibility index (Phi) is 11.2. The van der Waals surface area contributed by atoms with E-state index in [-0.39, 0.29) is 25.9 Å². The number of hydrogen-bond acceptors (Lipinski definition) is 8. The van der Waals surface area contributed by atoms with E-state index < -0.39 is 35.8 Å². The van der Waals surface area contributed by atoms with Crippen LogP contribution in [0.2, 0.25) is 0 Å². The van der Waals surface area contributed by atoms with Gasteiger partial charge in [0.25, 0.3) is 0 Å². The number of pyridine rings is 1. The zero-order chi connectivity index (χ0) is 31.7. The first-order chi connectivity index (χ1) is 21.0. The number of carbonyl (C=O) groups excluding carboxylic acids is 2. The fourth-order valence-corrected chi connectivity index (χ4v) is 5.49. The third-order valence-electron chi connectivity index (χ3n) is 7.61. The van der Waals surface area contributed by atoms with E-state index in [1.54, 1.807) is 27.0 Å². The maximum atomic E-state index is 12.5. The summed E-state index contributed by atoms with van der Waals surface area (Å²) in [7, 11) is 0. The van der Waals surface area contributed by atoms with E-state index in [2.05, 4.69) is 16.4 Å². The van der Waals surface area contributed by atoms with Crippen molar-refractivity contribution in [1.29, 1.82) is 0 Å². The number of carboxylic acid groups (broad SMARTS) is 1. The molecule has 1 aliphatic heterocycles. The molecule has 1 aromatic carbocycles. The van der Waals surface area contributed by atoms with Crippen molar-refractivity contribution in [2.75, 3.05) is 19.8 Å². The van der Waals surface area contributed by atoms with Gasteiger partial charge in [-0.2, -0.15) is 0 Å². The van der Waals surface area contributed by atoms with Gasteiger partial charge in [-0.25, -0.2) is 19.4 Å². The number of amides is 2. The second-order valence-corrected chi connectivity index (χ2v) is 12.1. The van der Waals surface area contributed by atoms with E-state index >= 15 is 0 Å². The number of ether oxygens (including phenoxy) is 4. The molecule has 4 rings (SSSR count). The first kappa shape index (κ1) is 32.8. The molecule has 44 heavy (non-hydrogen) atoms. The summed E-state index contributed by atoms with van der Waals surface area (Å²) in [6.07, 6.45) is 5.31. The molecule has 2 amide bonds. The highest BCUT2D eigenvalue weighted by molar-refractivity contribution is 5.74. The molecule has 11 heteroatoms. The average molecular weight is 610 g/mol. The Morgan fingerprint density at radius 1 is 1.11 bits per heavy atom. The van der Waals surface area contributed by atoms with E-state index in [0.717, 1.165) is 22.3 Å². The van der Waals surface area contributed by atoms with E-state index in [9.17, 15) is 19.5 Å². The number of carbonyl (C=O) groups is 3. The summed E-state index contributed by atoms with van der Waals surface area (Å²) in [5.41, 5.74) is 3.12. The van der Waals surface area contributed by atoms with Crippen LogP contribution in [0.15, 0.2) is 48.7 Å². The molecule has 2 aliphatic rings. The normalized spacial score (nSPS) is 20.3. The van der Waals surface area contributed by atoms with Gasteiger partial charge in [0.15, 0.2) is 6.61 Å². The molecule has 2 heterocycles. The van der Waals surface area contributed by atoms with E-state index in [0.29, 0.717) is 44.5 Å². The van der Waals surface area contributed by atoms with E-state index in [1.807, 2.05) is 43.3 Å².